The van der Waals surface area contributed by atoms with Gasteiger partial charge in [0.1, 0.15) is 11.6 Å². The Balaban J connectivity index is 2.02. The van der Waals surface area contributed by atoms with Crippen LogP contribution in [0.25, 0.3) is 0 Å². The average molecular weight is 271 g/mol. The Bertz CT molecular complexity index is 651. The third kappa shape index (κ3) is 2.08. The fourth-order valence-electron chi connectivity index (χ4n) is 2.64. The molecule has 2 N–H and O–H groups in total. The van der Waals surface area contributed by atoms with Crippen molar-refractivity contribution in [3.8, 4) is 5.75 Å². The second-order valence-corrected chi connectivity index (χ2v) is 5.93. The summed E-state index contributed by atoms with van der Waals surface area (Å²) in [6.45, 7) is 4.94. The molecule has 104 valence electrons. The zero-order chi connectivity index (χ0) is 14.3. The topological polar surface area (TPSA) is 35.2 Å². The van der Waals surface area contributed by atoms with Crippen LogP contribution >= 0.6 is 0 Å². The molecule has 0 fully saturated rings. The fraction of sp³-hybridized carbons (Fsp3) is 0.294. The maximum atomic E-state index is 13.8. The molecular formula is C17H18FNO. The molecule has 1 aliphatic heterocycles. The molecular weight excluding hydrogens is 253 g/mol. The molecule has 0 amide bonds. The first-order valence-corrected chi connectivity index (χ1v) is 6.76. The molecule has 2 aromatic carbocycles. The molecule has 1 heterocycles. The lowest BCUT2D eigenvalue weighted by molar-refractivity contribution is 0.291. The van der Waals surface area contributed by atoms with Gasteiger partial charge in [0.05, 0.1) is 12.6 Å². The summed E-state index contributed by atoms with van der Waals surface area (Å²) in [5.41, 5.74) is 8.76. The zero-order valence-corrected chi connectivity index (χ0v) is 11.7. The molecule has 20 heavy (non-hydrogen) atoms. The lowest BCUT2D eigenvalue weighted by Gasteiger charge is -2.18. The van der Waals surface area contributed by atoms with Crippen molar-refractivity contribution in [3.63, 3.8) is 0 Å². The first kappa shape index (κ1) is 13.1. The van der Waals surface area contributed by atoms with Gasteiger partial charge in [0.2, 0.25) is 0 Å². The average Bonchev–Trinajstić information content (AvgIpc) is 2.74. The van der Waals surface area contributed by atoms with Crippen molar-refractivity contribution in [2.45, 2.75) is 25.3 Å². The van der Waals surface area contributed by atoms with Gasteiger partial charge in [-0.1, -0.05) is 38.1 Å². The Morgan fingerprint density at radius 3 is 2.70 bits per heavy atom. The van der Waals surface area contributed by atoms with E-state index in [9.17, 15) is 4.39 Å². The van der Waals surface area contributed by atoms with Crippen molar-refractivity contribution in [2.24, 2.45) is 5.73 Å². The molecule has 1 unspecified atom stereocenters. The molecule has 3 rings (SSSR count). The van der Waals surface area contributed by atoms with E-state index < -0.39 is 6.04 Å². The first-order valence-electron chi connectivity index (χ1n) is 6.76. The van der Waals surface area contributed by atoms with Crippen molar-refractivity contribution in [3.05, 3.63) is 65.0 Å². The van der Waals surface area contributed by atoms with Crippen LogP contribution in [0.4, 0.5) is 4.39 Å². The van der Waals surface area contributed by atoms with Crippen molar-refractivity contribution < 1.29 is 9.13 Å². The smallest absolute Gasteiger partial charge is 0.128 e. The van der Waals surface area contributed by atoms with Gasteiger partial charge in [-0.25, -0.2) is 4.39 Å². The van der Waals surface area contributed by atoms with E-state index in [0.717, 1.165) is 16.9 Å². The number of fused-ring (bicyclic) bond motifs is 1. The molecule has 3 heteroatoms. The molecule has 1 aliphatic rings. The molecule has 0 saturated carbocycles. The van der Waals surface area contributed by atoms with Crippen LogP contribution in [0, 0.1) is 5.82 Å². The number of hydrogen-bond acceptors (Lipinski definition) is 2. The number of nitrogens with two attached hydrogens (primary N) is 1. The van der Waals surface area contributed by atoms with Crippen LogP contribution in [0.5, 0.6) is 5.75 Å². The van der Waals surface area contributed by atoms with E-state index in [4.69, 9.17) is 10.5 Å². The van der Waals surface area contributed by atoms with Crippen LogP contribution in [0.15, 0.2) is 42.5 Å². The van der Waals surface area contributed by atoms with Crippen LogP contribution in [0.2, 0.25) is 0 Å². The lowest BCUT2D eigenvalue weighted by atomic mass is 9.85. The quantitative estimate of drug-likeness (QED) is 0.906. The number of halogens is 1. The number of benzene rings is 2. The van der Waals surface area contributed by atoms with E-state index in [0.29, 0.717) is 12.2 Å². The van der Waals surface area contributed by atoms with Gasteiger partial charge in [0.25, 0.3) is 0 Å². The van der Waals surface area contributed by atoms with E-state index in [1.54, 1.807) is 18.2 Å². The minimum Gasteiger partial charge on any atom is -0.492 e. The molecule has 0 aromatic heterocycles. The number of rotatable bonds is 2. The van der Waals surface area contributed by atoms with E-state index in [1.807, 2.05) is 18.2 Å². The minimum atomic E-state index is -0.460. The highest BCUT2D eigenvalue weighted by molar-refractivity contribution is 5.47. The van der Waals surface area contributed by atoms with E-state index >= 15 is 0 Å². The Hall–Kier alpha value is -1.87. The molecule has 2 aromatic rings. The van der Waals surface area contributed by atoms with Gasteiger partial charge in [0.15, 0.2) is 0 Å². The molecule has 0 radical (unpaired) electrons. The van der Waals surface area contributed by atoms with Crippen LogP contribution in [0.3, 0.4) is 0 Å². The fourth-order valence-corrected chi connectivity index (χ4v) is 2.64. The van der Waals surface area contributed by atoms with Gasteiger partial charge in [-0.3, -0.25) is 0 Å². The van der Waals surface area contributed by atoms with E-state index in [1.165, 1.54) is 6.07 Å². The summed E-state index contributed by atoms with van der Waals surface area (Å²) in [5, 5.41) is 0. The number of hydrogen-bond donors (Lipinski definition) is 1. The second-order valence-electron chi connectivity index (χ2n) is 5.93. The maximum absolute atomic E-state index is 13.8. The largest absolute Gasteiger partial charge is 0.492 e. The molecule has 0 saturated heterocycles. The van der Waals surface area contributed by atoms with Crippen molar-refractivity contribution in [1.29, 1.82) is 0 Å². The summed E-state index contributed by atoms with van der Waals surface area (Å²) < 4.78 is 19.5. The highest BCUT2D eigenvalue weighted by Gasteiger charge is 2.32. The highest BCUT2D eigenvalue weighted by atomic mass is 19.1. The predicted octanol–water partition coefficient (Wildman–Crippen LogP) is 3.54. The van der Waals surface area contributed by atoms with Gasteiger partial charge in [0, 0.05) is 16.5 Å². The Morgan fingerprint density at radius 2 is 1.95 bits per heavy atom. The summed E-state index contributed by atoms with van der Waals surface area (Å²) in [4.78, 5) is 0. The van der Waals surface area contributed by atoms with Gasteiger partial charge in [-0.05, 0) is 23.8 Å². The van der Waals surface area contributed by atoms with E-state index in [2.05, 4.69) is 13.8 Å². The number of ether oxygens (including phenoxy) is 1. The third-order valence-electron chi connectivity index (χ3n) is 3.92. The predicted molar refractivity (Wildman–Crippen MR) is 77.4 cm³/mol. The minimum absolute atomic E-state index is 0.0275. The van der Waals surface area contributed by atoms with Crippen molar-refractivity contribution in [1.82, 2.24) is 0 Å². The Kier molecular flexibility index (Phi) is 3.02. The second kappa shape index (κ2) is 4.60. The first-order chi connectivity index (χ1) is 9.49. The van der Waals surface area contributed by atoms with Crippen LogP contribution < -0.4 is 10.5 Å². The van der Waals surface area contributed by atoms with Crippen LogP contribution in [0.1, 0.15) is 36.6 Å². The van der Waals surface area contributed by atoms with Crippen molar-refractivity contribution in [2.75, 3.05) is 6.61 Å². The standard InChI is InChI=1S/C17H18FNO/c1-17(2)10-20-15-8-7-11(9-13(15)17)16(19)12-5-3-4-6-14(12)18/h3-9,16H,10,19H2,1-2H3. The lowest BCUT2D eigenvalue weighted by Crippen LogP contribution is -2.19. The van der Waals surface area contributed by atoms with Gasteiger partial charge in [-0.15, -0.1) is 0 Å². The normalized spacial score (nSPS) is 17.4. The zero-order valence-electron chi connectivity index (χ0n) is 11.7. The Morgan fingerprint density at radius 1 is 1.20 bits per heavy atom. The molecule has 0 aliphatic carbocycles. The highest BCUT2D eigenvalue weighted by Crippen LogP contribution is 2.40. The molecule has 0 spiro atoms. The maximum Gasteiger partial charge on any atom is 0.128 e. The van der Waals surface area contributed by atoms with Gasteiger partial charge >= 0.3 is 0 Å². The molecule has 0 bridgehead atoms. The van der Waals surface area contributed by atoms with Crippen LogP contribution in [-0.2, 0) is 5.41 Å². The summed E-state index contributed by atoms with van der Waals surface area (Å²) in [5.74, 6) is 0.635. The monoisotopic (exact) mass is 271 g/mol. The van der Waals surface area contributed by atoms with Crippen molar-refractivity contribution >= 4 is 0 Å². The molecule has 1 atom stereocenters. The summed E-state index contributed by atoms with van der Waals surface area (Å²) in [7, 11) is 0. The molecule has 2 nitrogen and oxygen atoms in total. The third-order valence-corrected chi connectivity index (χ3v) is 3.92. The van der Waals surface area contributed by atoms with Gasteiger partial charge in [-0.2, -0.15) is 0 Å². The summed E-state index contributed by atoms with van der Waals surface area (Å²) in [6.07, 6.45) is 0. The summed E-state index contributed by atoms with van der Waals surface area (Å²) >= 11 is 0. The van der Waals surface area contributed by atoms with E-state index in [-0.39, 0.29) is 11.2 Å². The summed E-state index contributed by atoms with van der Waals surface area (Å²) in [6, 6.07) is 12.1. The van der Waals surface area contributed by atoms with Gasteiger partial charge < -0.3 is 10.5 Å². The Labute approximate surface area is 118 Å². The van der Waals surface area contributed by atoms with Crippen LogP contribution in [-0.4, -0.2) is 6.61 Å². The SMILES string of the molecule is CC1(C)COc2ccc(C(N)c3ccccc3F)cc21.